The van der Waals surface area contributed by atoms with Gasteiger partial charge in [0.2, 0.25) is 11.8 Å². The van der Waals surface area contributed by atoms with E-state index in [1.165, 1.54) is 11.8 Å². The van der Waals surface area contributed by atoms with Gasteiger partial charge in [-0.25, -0.2) is 0 Å². The maximum absolute atomic E-state index is 12.4. The Bertz CT molecular complexity index is 926. The molecular formula is C20H21N3O3S. The monoisotopic (exact) mass is 383 g/mol. The van der Waals surface area contributed by atoms with Crippen molar-refractivity contribution in [2.75, 3.05) is 7.11 Å². The van der Waals surface area contributed by atoms with Crippen molar-refractivity contribution in [1.29, 1.82) is 0 Å². The molecule has 140 valence electrons. The topological polar surface area (TPSA) is 77.2 Å². The van der Waals surface area contributed by atoms with E-state index in [9.17, 15) is 4.79 Å². The van der Waals surface area contributed by atoms with Gasteiger partial charge in [0.15, 0.2) is 0 Å². The Balaban J connectivity index is 1.59. The highest BCUT2D eigenvalue weighted by molar-refractivity contribution is 8.00. The highest BCUT2D eigenvalue weighted by Gasteiger charge is 2.19. The third-order valence-electron chi connectivity index (χ3n) is 4.07. The zero-order chi connectivity index (χ0) is 19.2. The Labute approximate surface area is 162 Å². The van der Waals surface area contributed by atoms with Crippen LogP contribution >= 0.6 is 11.8 Å². The van der Waals surface area contributed by atoms with E-state index in [0.717, 1.165) is 22.4 Å². The summed E-state index contributed by atoms with van der Waals surface area (Å²) in [6, 6.07) is 15.4. The van der Waals surface area contributed by atoms with Crippen molar-refractivity contribution < 1.29 is 13.9 Å². The molecule has 7 heteroatoms. The summed E-state index contributed by atoms with van der Waals surface area (Å²) in [4.78, 5) is 12.4. The van der Waals surface area contributed by atoms with Crippen LogP contribution in [0, 0.1) is 6.92 Å². The van der Waals surface area contributed by atoms with Crippen LogP contribution in [0.5, 0.6) is 5.75 Å². The van der Waals surface area contributed by atoms with Crippen LogP contribution in [0.4, 0.5) is 0 Å². The lowest BCUT2D eigenvalue weighted by atomic mass is 10.1. The number of benzene rings is 2. The summed E-state index contributed by atoms with van der Waals surface area (Å²) in [6.45, 7) is 4.19. The Hall–Kier alpha value is -2.80. The van der Waals surface area contributed by atoms with Gasteiger partial charge in [0.05, 0.1) is 12.4 Å². The molecule has 0 spiro atoms. The van der Waals surface area contributed by atoms with Crippen LogP contribution in [0.2, 0.25) is 0 Å². The van der Waals surface area contributed by atoms with Gasteiger partial charge in [-0.15, -0.1) is 10.2 Å². The zero-order valence-electron chi connectivity index (χ0n) is 15.4. The number of nitrogens with zero attached hydrogens (tertiary/aromatic N) is 2. The van der Waals surface area contributed by atoms with E-state index in [1.54, 1.807) is 14.0 Å². The molecule has 1 unspecified atom stereocenters. The predicted octanol–water partition coefficient (Wildman–Crippen LogP) is 3.85. The number of rotatable bonds is 7. The van der Waals surface area contributed by atoms with Crippen LogP contribution in [-0.4, -0.2) is 28.5 Å². The van der Waals surface area contributed by atoms with Gasteiger partial charge in [-0.1, -0.05) is 48.2 Å². The lowest BCUT2D eigenvalue weighted by Gasteiger charge is -2.12. The molecule has 3 rings (SSSR count). The van der Waals surface area contributed by atoms with Crippen LogP contribution in [0.25, 0.3) is 11.5 Å². The van der Waals surface area contributed by atoms with Gasteiger partial charge in [0, 0.05) is 17.7 Å². The summed E-state index contributed by atoms with van der Waals surface area (Å²) in [6.07, 6.45) is 0. The minimum Gasteiger partial charge on any atom is -0.496 e. The van der Waals surface area contributed by atoms with Gasteiger partial charge in [-0.2, -0.15) is 0 Å². The maximum atomic E-state index is 12.4. The van der Waals surface area contributed by atoms with E-state index in [1.807, 2.05) is 55.5 Å². The Morgan fingerprint density at radius 3 is 2.70 bits per heavy atom. The molecular weight excluding hydrogens is 362 g/mol. The van der Waals surface area contributed by atoms with Crippen LogP contribution in [0.3, 0.4) is 0 Å². The summed E-state index contributed by atoms with van der Waals surface area (Å²) in [5.74, 6) is 1.09. The van der Waals surface area contributed by atoms with Crippen molar-refractivity contribution in [3.8, 4) is 17.2 Å². The van der Waals surface area contributed by atoms with E-state index in [2.05, 4.69) is 15.5 Å². The van der Waals surface area contributed by atoms with Gasteiger partial charge >= 0.3 is 0 Å². The number of ether oxygens (including phenoxy) is 1. The fourth-order valence-corrected chi connectivity index (χ4v) is 3.27. The second-order valence-corrected chi connectivity index (χ2v) is 7.27. The van der Waals surface area contributed by atoms with Crippen LogP contribution in [0.15, 0.2) is 58.2 Å². The molecule has 1 amide bonds. The third-order valence-corrected chi connectivity index (χ3v) is 5.01. The largest absolute Gasteiger partial charge is 0.496 e. The molecule has 1 atom stereocenters. The fourth-order valence-electron chi connectivity index (χ4n) is 2.56. The number of carbonyl (C=O) groups is 1. The molecule has 0 aliphatic carbocycles. The van der Waals surface area contributed by atoms with Crippen molar-refractivity contribution >= 4 is 17.7 Å². The minimum atomic E-state index is -0.370. The second kappa shape index (κ2) is 8.73. The first-order valence-electron chi connectivity index (χ1n) is 8.54. The van der Waals surface area contributed by atoms with Gasteiger partial charge in [-0.05, 0) is 31.5 Å². The Kier molecular flexibility index (Phi) is 6.13. The number of thioether (sulfide) groups is 1. The van der Waals surface area contributed by atoms with Gasteiger partial charge in [-0.3, -0.25) is 4.79 Å². The van der Waals surface area contributed by atoms with Crippen molar-refractivity contribution in [3.63, 3.8) is 0 Å². The first-order valence-corrected chi connectivity index (χ1v) is 9.42. The number of carbonyl (C=O) groups excluding carboxylic acids is 1. The smallest absolute Gasteiger partial charge is 0.277 e. The highest BCUT2D eigenvalue weighted by Crippen LogP contribution is 2.27. The van der Waals surface area contributed by atoms with Crippen molar-refractivity contribution in [2.24, 2.45) is 0 Å². The number of para-hydroxylation sites is 1. The number of hydrogen-bond donors (Lipinski definition) is 1. The summed E-state index contributed by atoms with van der Waals surface area (Å²) in [5.41, 5.74) is 2.87. The number of amides is 1. The summed E-state index contributed by atoms with van der Waals surface area (Å²) < 4.78 is 11.0. The van der Waals surface area contributed by atoms with E-state index >= 15 is 0 Å². The first-order chi connectivity index (χ1) is 13.1. The molecule has 1 heterocycles. The number of aromatic nitrogens is 2. The predicted molar refractivity (Wildman–Crippen MR) is 105 cm³/mol. The maximum Gasteiger partial charge on any atom is 0.277 e. The molecule has 0 bridgehead atoms. The molecule has 27 heavy (non-hydrogen) atoms. The van der Waals surface area contributed by atoms with Gasteiger partial charge in [0.25, 0.3) is 5.22 Å². The van der Waals surface area contributed by atoms with Crippen LogP contribution in [-0.2, 0) is 11.3 Å². The number of hydrogen-bond acceptors (Lipinski definition) is 6. The number of methoxy groups -OCH3 is 1. The van der Waals surface area contributed by atoms with Crippen molar-refractivity contribution in [3.05, 3.63) is 59.7 Å². The number of nitrogens with one attached hydrogen (secondary N) is 1. The van der Waals surface area contributed by atoms with Crippen molar-refractivity contribution in [1.82, 2.24) is 15.5 Å². The van der Waals surface area contributed by atoms with Gasteiger partial charge < -0.3 is 14.5 Å². The molecule has 3 aromatic rings. The molecule has 0 radical (unpaired) electrons. The highest BCUT2D eigenvalue weighted by atomic mass is 32.2. The third kappa shape index (κ3) is 4.68. The summed E-state index contributed by atoms with van der Waals surface area (Å²) in [7, 11) is 1.61. The molecule has 0 saturated carbocycles. The summed E-state index contributed by atoms with van der Waals surface area (Å²) in [5, 5.41) is 11.0. The fraction of sp³-hybridized carbons (Fsp3) is 0.250. The quantitative estimate of drug-likeness (QED) is 0.625. The molecule has 2 aromatic carbocycles. The molecule has 0 aliphatic heterocycles. The van der Waals surface area contributed by atoms with E-state index in [4.69, 9.17) is 9.15 Å². The molecule has 0 aliphatic rings. The average molecular weight is 383 g/mol. The second-order valence-electron chi connectivity index (χ2n) is 5.98. The van der Waals surface area contributed by atoms with E-state index in [0.29, 0.717) is 17.7 Å². The lowest BCUT2D eigenvalue weighted by Crippen LogP contribution is -2.30. The average Bonchev–Trinajstić information content (AvgIpc) is 3.14. The Morgan fingerprint density at radius 1 is 1.19 bits per heavy atom. The first kappa shape index (κ1) is 19.0. The van der Waals surface area contributed by atoms with E-state index in [-0.39, 0.29) is 11.2 Å². The zero-order valence-corrected chi connectivity index (χ0v) is 16.2. The van der Waals surface area contributed by atoms with Crippen LogP contribution in [0.1, 0.15) is 18.1 Å². The SMILES string of the molecule is COc1ccccc1CNC(=O)C(C)Sc1nnc(-c2ccccc2C)o1. The van der Waals surface area contributed by atoms with Crippen LogP contribution < -0.4 is 10.1 Å². The number of aryl methyl sites for hydroxylation is 1. The molecule has 0 fully saturated rings. The molecule has 1 aromatic heterocycles. The van der Waals surface area contributed by atoms with Crippen molar-refractivity contribution in [2.45, 2.75) is 30.9 Å². The van der Waals surface area contributed by atoms with E-state index < -0.39 is 0 Å². The summed E-state index contributed by atoms with van der Waals surface area (Å²) >= 11 is 1.23. The normalized spacial score (nSPS) is 11.8. The lowest BCUT2D eigenvalue weighted by molar-refractivity contribution is -0.120. The molecule has 6 nitrogen and oxygen atoms in total. The Morgan fingerprint density at radius 2 is 1.93 bits per heavy atom. The standard InChI is InChI=1S/C20H21N3O3S/c1-13-8-4-6-10-16(13)19-22-23-20(26-19)27-14(2)18(24)21-12-15-9-5-7-11-17(15)25-3/h4-11,14H,12H2,1-3H3,(H,21,24). The minimum absolute atomic E-state index is 0.110. The molecule has 1 N–H and O–H groups in total. The van der Waals surface area contributed by atoms with Gasteiger partial charge in [0.1, 0.15) is 5.75 Å². The molecule has 0 saturated heterocycles.